The number of methoxy groups -OCH3 is 1. The highest BCUT2D eigenvalue weighted by Crippen LogP contribution is 2.34. The molecule has 0 spiro atoms. The van der Waals surface area contributed by atoms with Gasteiger partial charge in [-0.15, -0.1) is 0 Å². The third-order valence-corrected chi connectivity index (χ3v) is 3.97. The van der Waals surface area contributed by atoms with Gasteiger partial charge in [0.1, 0.15) is 17.1 Å². The van der Waals surface area contributed by atoms with E-state index in [9.17, 15) is 8.78 Å². The molecular weight excluding hydrogens is 342 g/mol. The van der Waals surface area contributed by atoms with E-state index in [2.05, 4.69) is 14.7 Å². The van der Waals surface area contributed by atoms with Gasteiger partial charge in [0.15, 0.2) is 0 Å². The Bertz CT molecular complexity index is 1110. The first-order chi connectivity index (χ1) is 12.5. The van der Waals surface area contributed by atoms with Crippen molar-refractivity contribution in [2.45, 2.75) is 13.5 Å². The maximum atomic E-state index is 12.4. The fourth-order valence-corrected chi connectivity index (χ4v) is 2.86. The molecule has 2 aromatic heterocycles. The first-order valence-corrected chi connectivity index (χ1v) is 7.83. The number of fused-ring (bicyclic) bond motifs is 2. The van der Waals surface area contributed by atoms with E-state index in [0.717, 1.165) is 16.5 Å². The van der Waals surface area contributed by atoms with Crippen molar-refractivity contribution >= 4 is 22.0 Å². The topological polar surface area (TPSA) is 57.4 Å². The highest BCUT2D eigenvalue weighted by molar-refractivity contribution is 5.94. The number of ether oxygens (including phenoxy) is 2. The van der Waals surface area contributed by atoms with E-state index in [1.807, 2.05) is 31.2 Å². The lowest BCUT2D eigenvalue weighted by molar-refractivity contribution is -0.0528. The van der Waals surface area contributed by atoms with Crippen LogP contribution in [0.4, 0.5) is 8.78 Å². The molecule has 0 bridgehead atoms. The minimum Gasteiger partial charge on any atom is -0.497 e. The fourth-order valence-electron chi connectivity index (χ4n) is 2.86. The number of aryl methyl sites for hydroxylation is 1. The van der Waals surface area contributed by atoms with Gasteiger partial charge in [-0.2, -0.15) is 8.78 Å². The van der Waals surface area contributed by atoms with E-state index < -0.39 is 6.61 Å². The minimum atomic E-state index is -2.95. The van der Waals surface area contributed by atoms with Crippen molar-refractivity contribution in [2.24, 2.45) is 0 Å². The average molecular weight is 356 g/mol. The zero-order valence-electron chi connectivity index (χ0n) is 14.0. The van der Waals surface area contributed by atoms with Crippen LogP contribution in [0.5, 0.6) is 11.6 Å². The summed E-state index contributed by atoms with van der Waals surface area (Å²) in [4.78, 5) is 8.37. The van der Waals surface area contributed by atoms with Crippen molar-refractivity contribution in [1.29, 1.82) is 0 Å². The van der Waals surface area contributed by atoms with E-state index in [-0.39, 0.29) is 5.88 Å². The van der Waals surface area contributed by atoms with Crippen LogP contribution in [0.25, 0.3) is 33.3 Å². The Morgan fingerprint density at radius 3 is 2.73 bits per heavy atom. The molecule has 4 aromatic rings. The predicted molar refractivity (Wildman–Crippen MR) is 92.7 cm³/mol. The van der Waals surface area contributed by atoms with Gasteiger partial charge in [0, 0.05) is 17.0 Å². The van der Waals surface area contributed by atoms with Crippen LogP contribution in [-0.4, -0.2) is 23.7 Å². The number of alkyl halides is 2. The van der Waals surface area contributed by atoms with Crippen LogP contribution in [0, 0.1) is 6.92 Å². The molecule has 0 unspecified atom stereocenters. The molecule has 0 saturated carbocycles. The Balaban J connectivity index is 1.87. The molecule has 0 aliphatic heterocycles. The SMILES string of the molecule is COc1ccc2cc(-c3cc(C)cc4nc(OC(F)F)cnc34)oc2c1. The molecule has 0 fully saturated rings. The van der Waals surface area contributed by atoms with Gasteiger partial charge in [0.25, 0.3) is 0 Å². The van der Waals surface area contributed by atoms with E-state index in [1.54, 1.807) is 19.2 Å². The van der Waals surface area contributed by atoms with Crippen LogP contribution in [0.1, 0.15) is 5.56 Å². The molecule has 132 valence electrons. The van der Waals surface area contributed by atoms with Gasteiger partial charge in [-0.05, 0) is 42.8 Å². The molecule has 0 saturated heterocycles. The number of nitrogens with zero attached hydrogens (tertiary/aromatic N) is 2. The highest BCUT2D eigenvalue weighted by Gasteiger charge is 2.15. The average Bonchev–Trinajstić information content (AvgIpc) is 3.03. The van der Waals surface area contributed by atoms with Crippen molar-refractivity contribution in [3.05, 3.63) is 48.2 Å². The van der Waals surface area contributed by atoms with Crippen LogP contribution in [0.3, 0.4) is 0 Å². The Labute approximate surface area is 147 Å². The summed E-state index contributed by atoms with van der Waals surface area (Å²) in [5, 5.41) is 0.918. The van der Waals surface area contributed by atoms with Crippen molar-refractivity contribution in [3.8, 4) is 23.0 Å². The first kappa shape index (κ1) is 16.3. The lowest BCUT2D eigenvalue weighted by atomic mass is 10.1. The summed E-state index contributed by atoms with van der Waals surface area (Å²) in [6, 6.07) is 11.1. The third-order valence-electron chi connectivity index (χ3n) is 3.97. The molecular formula is C19H14F2N2O3. The molecule has 7 heteroatoms. The van der Waals surface area contributed by atoms with Gasteiger partial charge in [-0.1, -0.05) is 0 Å². The van der Waals surface area contributed by atoms with Gasteiger partial charge < -0.3 is 13.9 Å². The number of halogens is 2. The van der Waals surface area contributed by atoms with Crippen molar-refractivity contribution in [2.75, 3.05) is 7.11 Å². The number of aromatic nitrogens is 2. The molecule has 0 aliphatic carbocycles. The molecule has 2 heterocycles. The lowest BCUT2D eigenvalue weighted by Crippen LogP contribution is -2.04. The summed E-state index contributed by atoms with van der Waals surface area (Å²) < 4.78 is 40.3. The Hall–Kier alpha value is -3.22. The van der Waals surface area contributed by atoms with Gasteiger partial charge in [-0.25, -0.2) is 9.97 Å². The van der Waals surface area contributed by atoms with Gasteiger partial charge in [0.2, 0.25) is 5.88 Å². The molecule has 2 aromatic carbocycles. The second-order valence-electron chi connectivity index (χ2n) is 5.78. The number of hydrogen-bond acceptors (Lipinski definition) is 5. The molecule has 0 radical (unpaired) electrons. The molecule has 0 atom stereocenters. The van der Waals surface area contributed by atoms with E-state index >= 15 is 0 Å². The summed E-state index contributed by atoms with van der Waals surface area (Å²) in [7, 11) is 1.59. The Morgan fingerprint density at radius 1 is 1.12 bits per heavy atom. The van der Waals surface area contributed by atoms with Gasteiger partial charge in [-0.3, -0.25) is 0 Å². The summed E-state index contributed by atoms with van der Waals surface area (Å²) in [5.41, 5.74) is 3.30. The Kier molecular flexibility index (Phi) is 3.91. The molecule has 0 aliphatic rings. The summed E-state index contributed by atoms with van der Waals surface area (Å²) in [6.45, 7) is -1.06. The van der Waals surface area contributed by atoms with Gasteiger partial charge >= 0.3 is 6.61 Å². The van der Waals surface area contributed by atoms with Crippen molar-refractivity contribution in [3.63, 3.8) is 0 Å². The van der Waals surface area contributed by atoms with Gasteiger partial charge in [0.05, 0.1) is 24.3 Å². The van der Waals surface area contributed by atoms with Crippen LogP contribution in [0.2, 0.25) is 0 Å². The largest absolute Gasteiger partial charge is 0.497 e. The molecule has 4 rings (SSSR count). The standard InChI is InChI=1S/C19H14F2N2O3/c1-10-5-13(16-7-11-3-4-12(24-2)8-15(11)25-16)18-14(6-10)23-17(9-22-18)26-19(20)21/h3-9,19H,1-2H3. The number of rotatable bonds is 4. The van der Waals surface area contributed by atoms with Crippen LogP contribution >= 0.6 is 0 Å². The third kappa shape index (κ3) is 2.92. The lowest BCUT2D eigenvalue weighted by Gasteiger charge is -2.07. The minimum absolute atomic E-state index is 0.224. The Morgan fingerprint density at radius 2 is 1.96 bits per heavy atom. The maximum Gasteiger partial charge on any atom is 0.388 e. The monoisotopic (exact) mass is 356 g/mol. The number of benzene rings is 2. The predicted octanol–water partition coefficient (Wildman–Crippen LogP) is 4.96. The normalized spacial score (nSPS) is 11.4. The fraction of sp³-hybridized carbons (Fsp3) is 0.158. The smallest absolute Gasteiger partial charge is 0.388 e. The first-order valence-electron chi connectivity index (χ1n) is 7.83. The van der Waals surface area contributed by atoms with Crippen molar-refractivity contribution < 1.29 is 22.7 Å². The summed E-state index contributed by atoms with van der Waals surface area (Å²) in [6.07, 6.45) is 1.18. The molecule has 0 amide bonds. The summed E-state index contributed by atoms with van der Waals surface area (Å²) >= 11 is 0. The molecule has 26 heavy (non-hydrogen) atoms. The zero-order valence-corrected chi connectivity index (χ0v) is 14.0. The second-order valence-corrected chi connectivity index (χ2v) is 5.78. The second kappa shape index (κ2) is 6.25. The molecule has 0 N–H and O–H groups in total. The molecule has 5 nitrogen and oxygen atoms in total. The number of furan rings is 1. The van der Waals surface area contributed by atoms with Crippen LogP contribution < -0.4 is 9.47 Å². The van der Waals surface area contributed by atoms with E-state index in [1.165, 1.54) is 6.20 Å². The quantitative estimate of drug-likeness (QED) is 0.517. The van der Waals surface area contributed by atoms with E-state index in [0.29, 0.717) is 28.1 Å². The van der Waals surface area contributed by atoms with Crippen LogP contribution in [-0.2, 0) is 0 Å². The maximum absolute atomic E-state index is 12.4. The number of hydrogen-bond donors (Lipinski definition) is 0. The van der Waals surface area contributed by atoms with Crippen molar-refractivity contribution in [1.82, 2.24) is 9.97 Å². The summed E-state index contributed by atoms with van der Waals surface area (Å²) in [5.74, 6) is 1.08. The van der Waals surface area contributed by atoms with Crippen LogP contribution in [0.15, 0.2) is 47.0 Å². The zero-order chi connectivity index (χ0) is 18.3. The highest BCUT2D eigenvalue weighted by atomic mass is 19.3. The van der Waals surface area contributed by atoms with E-state index in [4.69, 9.17) is 9.15 Å².